The molecule has 5 heteroatoms. The van der Waals surface area contributed by atoms with Gasteiger partial charge < -0.3 is 9.47 Å². The molecule has 106 valence electrons. The Balaban J connectivity index is 2.49. The minimum atomic E-state index is -1.05. The summed E-state index contributed by atoms with van der Waals surface area (Å²) in [6.07, 6.45) is 0.915. The van der Waals surface area contributed by atoms with E-state index in [9.17, 15) is 9.59 Å². The zero-order valence-electron chi connectivity index (χ0n) is 12.2. The number of Topliss-reactive ketones (excluding diaryl/α,β-unsaturated/α-hetero) is 1. The monoisotopic (exact) mass is 267 g/mol. The van der Waals surface area contributed by atoms with Gasteiger partial charge in [-0.3, -0.25) is 4.79 Å². The molecule has 1 heterocycles. The molecule has 1 saturated carbocycles. The summed E-state index contributed by atoms with van der Waals surface area (Å²) in [5.74, 6) is 0.0430. The Bertz CT molecular complexity index is 463. The van der Waals surface area contributed by atoms with E-state index in [4.69, 9.17) is 9.47 Å². The first-order valence-electron chi connectivity index (χ1n) is 6.54. The number of hydrogen-bond acceptors (Lipinski definition) is 5. The van der Waals surface area contributed by atoms with Crippen molar-refractivity contribution in [3.63, 3.8) is 0 Å². The van der Waals surface area contributed by atoms with E-state index < -0.39 is 17.1 Å². The van der Waals surface area contributed by atoms with Crippen LogP contribution in [0.4, 0.5) is 0 Å². The van der Waals surface area contributed by atoms with Crippen molar-refractivity contribution in [2.75, 3.05) is 7.11 Å². The summed E-state index contributed by atoms with van der Waals surface area (Å²) in [5, 5.41) is 0. The van der Waals surface area contributed by atoms with Gasteiger partial charge in [0.05, 0.1) is 7.11 Å². The summed E-state index contributed by atoms with van der Waals surface area (Å²) in [7, 11) is 1.52. The number of carbonyl (C=O) groups is 2. The highest BCUT2D eigenvalue weighted by Gasteiger charge is 2.58. The van der Waals surface area contributed by atoms with Crippen molar-refractivity contribution >= 4 is 17.7 Å². The van der Waals surface area contributed by atoms with Crippen LogP contribution in [0, 0.1) is 5.41 Å². The van der Waals surface area contributed by atoms with Crippen LogP contribution in [-0.2, 0) is 19.1 Å². The zero-order chi connectivity index (χ0) is 14.5. The third-order valence-electron chi connectivity index (χ3n) is 4.33. The molecule has 0 radical (unpaired) electrons. The molecule has 19 heavy (non-hydrogen) atoms. The second kappa shape index (κ2) is 4.05. The van der Waals surface area contributed by atoms with Crippen LogP contribution in [0.5, 0.6) is 0 Å². The number of nitrogens with zero attached hydrogens (tertiary/aromatic N) is 1. The van der Waals surface area contributed by atoms with E-state index in [0.29, 0.717) is 18.7 Å². The number of methoxy groups -OCH3 is 1. The first-order chi connectivity index (χ1) is 8.64. The highest BCUT2D eigenvalue weighted by molar-refractivity contribution is 6.01. The lowest BCUT2D eigenvalue weighted by atomic mass is 9.76. The standard InChI is InChI=1S/C14H21NO4/c1-12(2,3)13(4)10(18-5)15-14(11(17)19-13)7-6-9(16)8-14/h6-8H2,1-5H3/t13-,14-/m1/s1. The number of carbonyl (C=O) groups excluding carboxylic acids is 2. The smallest absolute Gasteiger partial charge is 0.335 e. The Morgan fingerprint density at radius 1 is 1.32 bits per heavy atom. The summed E-state index contributed by atoms with van der Waals surface area (Å²) in [5.41, 5.74) is -2.30. The molecular formula is C14H21NO4. The van der Waals surface area contributed by atoms with Crippen molar-refractivity contribution in [2.45, 2.75) is 58.1 Å². The van der Waals surface area contributed by atoms with E-state index in [1.165, 1.54) is 7.11 Å². The van der Waals surface area contributed by atoms with Gasteiger partial charge >= 0.3 is 5.97 Å². The molecule has 0 amide bonds. The van der Waals surface area contributed by atoms with Crippen LogP contribution in [0.25, 0.3) is 0 Å². The fourth-order valence-electron chi connectivity index (χ4n) is 2.50. The van der Waals surface area contributed by atoms with E-state index in [0.717, 1.165) is 0 Å². The second-order valence-electron chi connectivity index (χ2n) is 6.54. The van der Waals surface area contributed by atoms with Crippen LogP contribution >= 0.6 is 0 Å². The largest absolute Gasteiger partial charge is 0.481 e. The predicted octanol–water partition coefficient (Wildman–Crippen LogP) is 1.88. The van der Waals surface area contributed by atoms with Gasteiger partial charge in [-0.2, -0.15) is 0 Å². The first kappa shape index (κ1) is 14.0. The molecule has 2 aliphatic rings. The van der Waals surface area contributed by atoms with Crippen LogP contribution in [0.15, 0.2) is 4.99 Å². The third-order valence-corrected chi connectivity index (χ3v) is 4.33. The molecule has 0 bridgehead atoms. The maximum absolute atomic E-state index is 12.4. The summed E-state index contributed by atoms with van der Waals surface area (Å²) >= 11 is 0. The van der Waals surface area contributed by atoms with Crippen LogP contribution in [0.3, 0.4) is 0 Å². The minimum Gasteiger partial charge on any atom is -0.481 e. The number of ether oxygens (including phenoxy) is 2. The normalized spacial score (nSPS) is 35.3. The second-order valence-corrected chi connectivity index (χ2v) is 6.54. The fraction of sp³-hybridized carbons (Fsp3) is 0.786. The van der Waals surface area contributed by atoms with Crippen LogP contribution < -0.4 is 0 Å². The van der Waals surface area contributed by atoms with Crippen molar-refractivity contribution in [2.24, 2.45) is 10.4 Å². The van der Waals surface area contributed by atoms with Gasteiger partial charge in [-0.05, 0) is 13.3 Å². The first-order valence-corrected chi connectivity index (χ1v) is 6.54. The molecular weight excluding hydrogens is 246 g/mol. The Labute approximate surface area is 113 Å². The number of aliphatic imine (C=N–C) groups is 1. The summed E-state index contributed by atoms with van der Waals surface area (Å²) in [4.78, 5) is 28.3. The Kier molecular flexibility index (Phi) is 2.99. The topological polar surface area (TPSA) is 65.0 Å². The number of cyclic esters (lactones) is 1. The van der Waals surface area contributed by atoms with Crippen LogP contribution in [0.1, 0.15) is 47.0 Å². The van der Waals surface area contributed by atoms with Crippen molar-refractivity contribution in [1.82, 2.24) is 0 Å². The molecule has 5 nitrogen and oxygen atoms in total. The van der Waals surface area contributed by atoms with Crippen LogP contribution in [-0.4, -0.2) is 35.9 Å². The lowest BCUT2D eigenvalue weighted by Crippen LogP contribution is -2.59. The molecule has 1 fully saturated rings. The number of ketones is 1. The molecule has 0 aromatic carbocycles. The van der Waals surface area contributed by atoms with Crippen molar-refractivity contribution in [3.05, 3.63) is 0 Å². The molecule has 0 unspecified atom stereocenters. The van der Waals surface area contributed by atoms with Crippen molar-refractivity contribution in [1.29, 1.82) is 0 Å². The SMILES string of the molecule is COC1=N[C@@]2(CCC(=O)C2)C(=O)O[C@@]1(C)C(C)(C)C. The van der Waals surface area contributed by atoms with E-state index in [1.807, 2.05) is 20.8 Å². The Hall–Kier alpha value is -1.39. The number of hydrogen-bond donors (Lipinski definition) is 0. The molecule has 1 spiro atoms. The van der Waals surface area contributed by atoms with Gasteiger partial charge in [-0.25, -0.2) is 9.79 Å². The van der Waals surface area contributed by atoms with Gasteiger partial charge in [0.15, 0.2) is 11.1 Å². The van der Waals surface area contributed by atoms with Gasteiger partial charge in [0, 0.05) is 18.3 Å². The molecule has 2 rings (SSSR count). The van der Waals surface area contributed by atoms with Gasteiger partial charge in [-0.1, -0.05) is 20.8 Å². The molecule has 2 atom stereocenters. The zero-order valence-corrected chi connectivity index (χ0v) is 12.2. The Morgan fingerprint density at radius 3 is 2.37 bits per heavy atom. The maximum atomic E-state index is 12.4. The number of esters is 1. The average Bonchev–Trinajstić information content (AvgIpc) is 2.65. The molecule has 1 aliphatic carbocycles. The molecule has 1 aliphatic heterocycles. The molecule has 0 aromatic heterocycles. The lowest BCUT2D eigenvalue weighted by molar-refractivity contribution is -0.172. The maximum Gasteiger partial charge on any atom is 0.335 e. The summed E-state index contributed by atoms with van der Waals surface area (Å²) < 4.78 is 11.0. The van der Waals surface area contributed by atoms with E-state index in [1.54, 1.807) is 6.92 Å². The molecule has 0 N–H and O–H groups in total. The van der Waals surface area contributed by atoms with Gasteiger partial charge in [0.25, 0.3) is 0 Å². The summed E-state index contributed by atoms with van der Waals surface area (Å²) in [6, 6.07) is 0. The average molecular weight is 267 g/mol. The lowest BCUT2D eigenvalue weighted by Gasteiger charge is -2.45. The van der Waals surface area contributed by atoms with Crippen molar-refractivity contribution in [3.8, 4) is 0 Å². The highest BCUT2D eigenvalue weighted by atomic mass is 16.6. The molecule has 0 saturated heterocycles. The van der Waals surface area contributed by atoms with E-state index in [2.05, 4.69) is 4.99 Å². The quantitative estimate of drug-likeness (QED) is 0.629. The van der Waals surface area contributed by atoms with E-state index >= 15 is 0 Å². The van der Waals surface area contributed by atoms with E-state index in [-0.39, 0.29) is 17.6 Å². The third kappa shape index (κ3) is 1.95. The summed E-state index contributed by atoms with van der Waals surface area (Å²) in [6.45, 7) is 7.70. The number of rotatable bonds is 0. The van der Waals surface area contributed by atoms with Gasteiger partial charge in [0.1, 0.15) is 5.78 Å². The van der Waals surface area contributed by atoms with Crippen LogP contribution in [0.2, 0.25) is 0 Å². The van der Waals surface area contributed by atoms with Gasteiger partial charge in [-0.15, -0.1) is 0 Å². The highest BCUT2D eigenvalue weighted by Crippen LogP contribution is 2.44. The minimum absolute atomic E-state index is 0.0514. The van der Waals surface area contributed by atoms with Gasteiger partial charge in [0.2, 0.25) is 5.90 Å². The Morgan fingerprint density at radius 2 is 1.95 bits per heavy atom. The molecule has 0 aromatic rings. The fourth-order valence-corrected chi connectivity index (χ4v) is 2.50. The predicted molar refractivity (Wildman–Crippen MR) is 70.0 cm³/mol. The van der Waals surface area contributed by atoms with Crippen molar-refractivity contribution < 1.29 is 19.1 Å².